The molecule has 0 saturated carbocycles. The number of carbonyl (C=O) groups is 1. The highest BCUT2D eigenvalue weighted by Gasteiger charge is 2.33. The third kappa shape index (κ3) is 6.03. The van der Waals surface area contributed by atoms with Crippen LogP contribution in [0, 0.1) is 0 Å². The third-order valence-electron chi connectivity index (χ3n) is 5.30. The number of halogens is 6. The van der Waals surface area contributed by atoms with Crippen LogP contribution in [0.25, 0.3) is 11.1 Å². The summed E-state index contributed by atoms with van der Waals surface area (Å²) in [6.07, 6.45) is -7.32. The van der Waals surface area contributed by atoms with E-state index in [2.05, 4.69) is 20.0 Å². The number of nitrogens with one attached hydrogen (secondary N) is 1. The van der Waals surface area contributed by atoms with Crippen LogP contribution in [0.15, 0.2) is 54.9 Å². The van der Waals surface area contributed by atoms with E-state index in [1.165, 1.54) is 30.5 Å². The van der Waals surface area contributed by atoms with Gasteiger partial charge in [-0.15, -0.1) is 13.2 Å². The molecule has 4 rings (SSSR count). The molecule has 13 heteroatoms. The van der Waals surface area contributed by atoms with E-state index in [9.17, 15) is 36.2 Å². The average molecular weight is 512 g/mol. The summed E-state index contributed by atoms with van der Waals surface area (Å²) >= 11 is 0. The molecule has 0 radical (unpaired) electrons. The van der Waals surface area contributed by atoms with Crippen molar-refractivity contribution in [1.29, 1.82) is 0 Å². The number of hydrogen-bond donors (Lipinski definition) is 2. The van der Waals surface area contributed by atoms with E-state index in [1.807, 2.05) is 0 Å². The Bertz CT molecular complexity index is 1230. The Morgan fingerprint density at radius 3 is 2.31 bits per heavy atom. The molecule has 0 spiro atoms. The van der Waals surface area contributed by atoms with Crippen LogP contribution in [0.3, 0.4) is 0 Å². The molecule has 36 heavy (non-hydrogen) atoms. The number of aliphatic hydroxyl groups excluding tert-OH is 1. The van der Waals surface area contributed by atoms with Crippen LogP contribution in [-0.4, -0.2) is 46.5 Å². The number of anilines is 2. The molecule has 3 heterocycles. The maximum absolute atomic E-state index is 12.9. The van der Waals surface area contributed by atoms with E-state index in [0.717, 1.165) is 24.4 Å². The van der Waals surface area contributed by atoms with Crippen LogP contribution in [0.2, 0.25) is 0 Å². The molecule has 0 bridgehead atoms. The van der Waals surface area contributed by atoms with Gasteiger partial charge in [-0.05, 0) is 42.8 Å². The molecule has 1 amide bonds. The third-order valence-corrected chi connectivity index (χ3v) is 5.30. The van der Waals surface area contributed by atoms with Crippen LogP contribution in [0.1, 0.15) is 22.5 Å². The predicted octanol–water partition coefficient (Wildman–Crippen LogP) is 4.88. The number of aliphatic hydroxyl groups is 1. The van der Waals surface area contributed by atoms with Gasteiger partial charge in [-0.2, -0.15) is 13.2 Å². The number of ether oxygens (including phenoxy) is 1. The van der Waals surface area contributed by atoms with Crippen LogP contribution >= 0.6 is 0 Å². The van der Waals surface area contributed by atoms with E-state index >= 15 is 0 Å². The Balaban J connectivity index is 1.61. The zero-order valence-electron chi connectivity index (χ0n) is 18.3. The maximum Gasteiger partial charge on any atom is 0.573 e. The monoisotopic (exact) mass is 512 g/mol. The first-order chi connectivity index (χ1) is 16.9. The molecule has 1 atom stereocenters. The van der Waals surface area contributed by atoms with Gasteiger partial charge in [0.15, 0.2) is 0 Å². The van der Waals surface area contributed by atoms with Gasteiger partial charge in [0.2, 0.25) is 0 Å². The molecule has 7 nitrogen and oxygen atoms in total. The zero-order valence-corrected chi connectivity index (χ0v) is 18.3. The van der Waals surface area contributed by atoms with Gasteiger partial charge in [0, 0.05) is 42.3 Å². The fraction of sp³-hybridized carbons (Fsp3) is 0.261. The molecule has 2 N–H and O–H groups in total. The zero-order chi connectivity index (χ0) is 26.1. The number of carbonyl (C=O) groups excluding carboxylic acids is 1. The molecular formula is C23H18F6N4O3. The van der Waals surface area contributed by atoms with E-state index in [4.69, 9.17) is 0 Å². The lowest BCUT2D eigenvalue weighted by Gasteiger charge is -2.21. The second kappa shape index (κ2) is 9.64. The quantitative estimate of drug-likeness (QED) is 0.474. The predicted molar refractivity (Wildman–Crippen MR) is 116 cm³/mol. The lowest BCUT2D eigenvalue weighted by molar-refractivity contribution is -0.274. The number of β-amino-alcohol motifs (C(OH)–C–C–N with tert-alkyl or cyclic N) is 1. The number of benzene rings is 1. The Kier molecular flexibility index (Phi) is 6.76. The molecule has 2 aromatic heterocycles. The van der Waals surface area contributed by atoms with Gasteiger partial charge in [-0.3, -0.25) is 9.78 Å². The van der Waals surface area contributed by atoms with Gasteiger partial charge in [-0.1, -0.05) is 6.07 Å². The van der Waals surface area contributed by atoms with Gasteiger partial charge in [0.05, 0.1) is 11.7 Å². The van der Waals surface area contributed by atoms with E-state index in [-0.39, 0.29) is 23.4 Å². The van der Waals surface area contributed by atoms with Crippen molar-refractivity contribution in [3.05, 3.63) is 66.1 Å². The summed E-state index contributed by atoms with van der Waals surface area (Å²) in [7, 11) is 0. The summed E-state index contributed by atoms with van der Waals surface area (Å²) in [5, 5.41) is 12.4. The van der Waals surface area contributed by atoms with Crippen molar-refractivity contribution in [2.45, 2.75) is 25.1 Å². The summed E-state index contributed by atoms with van der Waals surface area (Å²) in [6.45, 7) is 0.707. The van der Waals surface area contributed by atoms with Gasteiger partial charge in [-0.25, -0.2) is 4.98 Å². The second-order valence-electron chi connectivity index (χ2n) is 7.94. The number of nitrogens with zero attached hydrogens (tertiary/aromatic N) is 3. The number of aromatic nitrogens is 2. The fourth-order valence-electron chi connectivity index (χ4n) is 3.64. The van der Waals surface area contributed by atoms with Gasteiger partial charge in [0.25, 0.3) is 5.91 Å². The van der Waals surface area contributed by atoms with Crippen molar-refractivity contribution in [3.63, 3.8) is 0 Å². The minimum atomic E-state index is -4.85. The Labute approximate surface area is 200 Å². The first-order valence-corrected chi connectivity index (χ1v) is 10.5. The Morgan fingerprint density at radius 1 is 1.03 bits per heavy atom. The summed E-state index contributed by atoms with van der Waals surface area (Å²) < 4.78 is 79.6. The first kappa shape index (κ1) is 25.2. The average Bonchev–Trinajstić information content (AvgIpc) is 3.24. The molecule has 0 aliphatic carbocycles. The minimum Gasteiger partial charge on any atom is -0.406 e. The van der Waals surface area contributed by atoms with Crippen LogP contribution in [-0.2, 0) is 6.18 Å². The van der Waals surface area contributed by atoms with Crippen LogP contribution in [0.5, 0.6) is 5.75 Å². The Hall–Kier alpha value is -3.87. The molecule has 1 saturated heterocycles. The molecule has 1 aromatic carbocycles. The standard InChI is InChI=1S/C23H18F6N4O3/c24-22(25,26)19-6-1-13(10-30-19)18-9-14(11-31-20(18)33-8-7-16(34)12-33)21(35)32-15-2-4-17(5-3-15)36-23(27,28)29/h1-6,9-11,16,34H,7-8,12H2,(H,32,35). The lowest BCUT2D eigenvalue weighted by Crippen LogP contribution is -2.23. The number of pyridine rings is 2. The molecule has 1 aliphatic rings. The summed E-state index contributed by atoms with van der Waals surface area (Å²) in [4.78, 5) is 22.3. The van der Waals surface area contributed by atoms with Crippen molar-refractivity contribution >= 4 is 17.4 Å². The van der Waals surface area contributed by atoms with Crippen molar-refractivity contribution in [2.75, 3.05) is 23.3 Å². The number of rotatable bonds is 5. The van der Waals surface area contributed by atoms with Gasteiger partial charge in [0.1, 0.15) is 17.3 Å². The van der Waals surface area contributed by atoms with E-state index in [1.54, 1.807) is 4.90 Å². The van der Waals surface area contributed by atoms with E-state index < -0.39 is 36.0 Å². The summed E-state index contributed by atoms with van der Waals surface area (Å²) in [6, 6.07) is 7.94. The van der Waals surface area contributed by atoms with Crippen LogP contribution < -0.4 is 15.0 Å². The summed E-state index contributed by atoms with van der Waals surface area (Å²) in [5.74, 6) is -0.754. The second-order valence-corrected chi connectivity index (χ2v) is 7.94. The smallest absolute Gasteiger partial charge is 0.406 e. The highest BCUT2D eigenvalue weighted by molar-refractivity contribution is 6.05. The highest BCUT2D eigenvalue weighted by Crippen LogP contribution is 2.34. The van der Waals surface area contributed by atoms with Gasteiger partial charge >= 0.3 is 12.5 Å². The minimum absolute atomic E-state index is 0.0454. The van der Waals surface area contributed by atoms with Crippen molar-refractivity contribution in [3.8, 4) is 16.9 Å². The first-order valence-electron chi connectivity index (χ1n) is 10.5. The maximum atomic E-state index is 12.9. The van der Waals surface area contributed by atoms with Gasteiger partial charge < -0.3 is 20.1 Å². The van der Waals surface area contributed by atoms with Crippen molar-refractivity contribution < 1.29 is 41.0 Å². The molecule has 1 aliphatic heterocycles. The molecular weight excluding hydrogens is 494 g/mol. The molecule has 1 fully saturated rings. The van der Waals surface area contributed by atoms with Crippen molar-refractivity contribution in [1.82, 2.24) is 9.97 Å². The highest BCUT2D eigenvalue weighted by atomic mass is 19.4. The van der Waals surface area contributed by atoms with E-state index in [0.29, 0.717) is 24.3 Å². The van der Waals surface area contributed by atoms with Crippen molar-refractivity contribution in [2.24, 2.45) is 0 Å². The Morgan fingerprint density at radius 2 is 1.75 bits per heavy atom. The number of hydrogen-bond acceptors (Lipinski definition) is 6. The SMILES string of the molecule is O=C(Nc1ccc(OC(F)(F)F)cc1)c1cnc(N2CCC(O)C2)c(-c2ccc(C(F)(F)F)nc2)c1. The lowest BCUT2D eigenvalue weighted by atomic mass is 10.0. The largest absolute Gasteiger partial charge is 0.573 e. The molecule has 3 aromatic rings. The summed E-state index contributed by atoms with van der Waals surface area (Å²) in [5.41, 5.74) is -0.255. The molecule has 1 unspecified atom stereocenters. The number of alkyl halides is 6. The fourth-order valence-corrected chi connectivity index (χ4v) is 3.64. The normalized spacial score (nSPS) is 16.2. The topological polar surface area (TPSA) is 87.6 Å². The number of amides is 1. The van der Waals surface area contributed by atoms with Crippen LogP contribution in [0.4, 0.5) is 37.8 Å². The molecule has 190 valence electrons.